The van der Waals surface area contributed by atoms with E-state index in [0.717, 1.165) is 0 Å². The third kappa shape index (κ3) is 3.96. The fraction of sp³-hybridized carbons (Fsp3) is 0.765. The fourth-order valence-electron chi connectivity index (χ4n) is 2.88. The van der Waals surface area contributed by atoms with Crippen molar-refractivity contribution in [3.63, 3.8) is 0 Å². The summed E-state index contributed by atoms with van der Waals surface area (Å²) in [6, 6.07) is 1.19. The first-order chi connectivity index (χ1) is 12.4. The van der Waals surface area contributed by atoms with Crippen LogP contribution >= 0.6 is 0 Å². The van der Waals surface area contributed by atoms with Crippen LogP contribution in [0.3, 0.4) is 0 Å². The van der Waals surface area contributed by atoms with Gasteiger partial charge in [0.25, 0.3) is 5.56 Å². The first-order valence-corrected chi connectivity index (χ1v) is 11.7. The normalized spacial score (nSPS) is 25.7. The number of hydrogen-bond acceptors (Lipinski definition) is 7. The number of H-pyrrole nitrogens is 1. The van der Waals surface area contributed by atoms with Crippen LogP contribution in [-0.2, 0) is 13.9 Å². The molecule has 0 amide bonds. The van der Waals surface area contributed by atoms with Crippen molar-refractivity contribution >= 4 is 8.32 Å². The van der Waals surface area contributed by atoms with Crippen molar-refractivity contribution in [2.75, 3.05) is 20.3 Å². The molecule has 0 aliphatic carbocycles. The topological polar surface area (TPSA) is 123 Å². The third-order valence-electron chi connectivity index (χ3n) is 5.61. The van der Waals surface area contributed by atoms with Gasteiger partial charge in [0.05, 0.1) is 13.2 Å². The fourth-order valence-corrected chi connectivity index (χ4v) is 4.22. The standard InChI is InChI=1S/C17H30N2O7Si/c1-16(2,3)27(5,6)26-13-12(24-4)14(25-17(13,9-20)10-21)19-8-7-11(22)18-15(19)23/h7-8,12-14,20-21H,9-10H2,1-6H3,(H,18,22,23). The SMILES string of the molecule is COC1C(n2ccc(=O)[nH]c2=O)OC(CO)(CO)C1O[Si](C)(C)C(C)(C)C. The molecule has 0 bridgehead atoms. The highest BCUT2D eigenvalue weighted by molar-refractivity contribution is 6.74. The monoisotopic (exact) mass is 402 g/mol. The van der Waals surface area contributed by atoms with Crippen LogP contribution in [0.4, 0.5) is 0 Å². The largest absolute Gasteiger partial charge is 0.408 e. The third-order valence-corrected chi connectivity index (χ3v) is 10.1. The predicted molar refractivity (Wildman–Crippen MR) is 101 cm³/mol. The molecule has 0 radical (unpaired) electrons. The molecule has 3 atom stereocenters. The Balaban J connectivity index is 2.53. The number of ether oxygens (including phenoxy) is 2. The minimum atomic E-state index is -2.33. The molecule has 3 N–H and O–H groups in total. The van der Waals surface area contributed by atoms with Gasteiger partial charge in [-0.3, -0.25) is 14.3 Å². The Hall–Kier alpha value is -1.30. The Morgan fingerprint density at radius 2 is 1.89 bits per heavy atom. The van der Waals surface area contributed by atoms with Gasteiger partial charge in [0.1, 0.15) is 17.8 Å². The number of nitrogens with one attached hydrogen (secondary N) is 1. The molecule has 0 spiro atoms. The van der Waals surface area contributed by atoms with Crippen molar-refractivity contribution in [2.24, 2.45) is 0 Å². The van der Waals surface area contributed by atoms with E-state index in [1.165, 1.54) is 23.9 Å². The van der Waals surface area contributed by atoms with Crippen molar-refractivity contribution in [3.05, 3.63) is 33.1 Å². The van der Waals surface area contributed by atoms with Crippen LogP contribution in [0.2, 0.25) is 18.1 Å². The Morgan fingerprint density at radius 1 is 1.30 bits per heavy atom. The van der Waals surface area contributed by atoms with E-state index in [0.29, 0.717) is 0 Å². The van der Waals surface area contributed by atoms with Crippen LogP contribution in [0.15, 0.2) is 21.9 Å². The number of methoxy groups -OCH3 is 1. The lowest BCUT2D eigenvalue weighted by molar-refractivity contribution is -0.148. The molecular weight excluding hydrogens is 372 g/mol. The van der Waals surface area contributed by atoms with Crippen molar-refractivity contribution < 1.29 is 24.1 Å². The van der Waals surface area contributed by atoms with Crippen LogP contribution in [0.25, 0.3) is 0 Å². The van der Waals surface area contributed by atoms with E-state index in [2.05, 4.69) is 25.8 Å². The summed E-state index contributed by atoms with van der Waals surface area (Å²) in [4.78, 5) is 25.8. The maximum atomic E-state index is 12.2. The molecule has 9 nitrogen and oxygen atoms in total. The van der Waals surface area contributed by atoms with Crippen LogP contribution in [0.5, 0.6) is 0 Å². The van der Waals surface area contributed by atoms with Gasteiger partial charge in [0.2, 0.25) is 0 Å². The molecular formula is C17H30N2O7Si. The summed E-state index contributed by atoms with van der Waals surface area (Å²) in [6.45, 7) is 9.26. The van der Waals surface area contributed by atoms with Crippen LogP contribution in [0.1, 0.15) is 27.0 Å². The quantitative estimate of drug-likeness (QED) is 0.581. The number of aliphatic hydroxyl groups is 2. The first-order valence-electron chi connectivity index (χ1n) is 8.84. The number of aromatic nitrogens is 2. The number of nitrogens with zero attached hydrogens (tertiary/aromatic N) is 1. The van der Waals surface area contributed by atoms with Crippen molar-refractivity contribution in [3.8, 4) is 0 Å². The first kappa shape index (κ1) is 22.0. The summed E-state index contributed by atoms with van der Waals surface area (Å²) in [5, 5.41) is 19.9. The smallest absolute Gasteiger partial charge is 0.330 e. The van der Waals surface area contributed by atoms with E-state index in [1.54, 1.807) is 0 Å². The zero-order valence-electron chi connectivity index (χ0n) is 16.7. The molecule has 1 aliphatic rings. The molecule has 1 aliphatic heterocycles. The Bertz CT molecular complexity index is 764. The average molecular weight is 403 g/mol. The maximum absolute atomic E-state index is 12.2. The predicted octanol–water partition coefficient (Wildman–Crippen LogP) is 0.194. The molecule has 1 aromatic heterocycles. The van der Waals surface area contributed by atoms with Gasteiger partial charge in [-0.05, 0) is 18.1 Å². The van der Waals surface area contributed by atoms with E-state index in [1.807, 2.05) is 13.1 Å². The molecule has 10 heteroatoms. The van der Waals surface area contributed by atoms with Crippen molar-refractivity contribution in [1.29, 1.82) is 0 Å². The highest BCUT2D eigenvalue weighted by Gasteiger charge is 2.59. The Morgan fingerprint density at radius 3 is 2.33 bits per heavy atom. The van der Waals surface area contributed by atoms with Crippen molar-refractivity contribution in [2.45, 2.75) is 62.9 Å². The molecule has 0 saturated carbocycles. The molecule has 1 fully saturated rings. The Labute approximate surface area is 159 Å². The van der Waals surface area contributed by atoms with E-state index >= 15 is 0 Å². The second-order valence-electron chi connectivity index (χ2n) is 8.41. The minimum absolute atomic E-state index is 0.130. The van der Waals surface area contributed by atoms with E-state index in [4.69, 9.17) is 13.9 Å². The zero-order valence-corrected chi connectivity index (χ0v) is 17.7. The summed E-state index contributed by atoms with van der Waals surface area (Å²) in [6.07, 6.45) is -1.26. The van der Waals surface area contributed by atoms with Gasteiger partial charge in [-0.2, -0.15) is 0 Å². The van der Waals surface area contributed by atoms with Crippen LogP contribution < -0.4 is 11.2 Å². The van der Waals surface area contributed by atoms with Gasteiger partial charge < -0.3 is 24.1 Å². The Kier molecular flexibility index (Phi) is 6.20. The molecule has 2 rings (SSSR count). The molecule has 27 heavy (non-hydrogen) atoms. The molecule has 2 heterocycles. The van der Waals surface area contributed by atoms with E-state index in [9.17, 15) is 19.8 Å². The summed E-state index contributed by atoms with van der Waals surface area (Å²) < 4.78 is 19.2. The number of aliphatic hydroxyl groups excluding tert-OH is 2. The minimum Gasteiger partial charge on any atom is -0.408 e. The second-order valence-corrected chi connectivity index (χ2v) is 13.2. The van der Waals surface area contributed by atoms with Gasteiger partial charge in [-0.15, -0.1) is 0 Å². The summed E-state index contributed by atoms with van der Waals surface area (Å²) in [7, 11) is -0.881. The van der Waals surface area contributed by atoms with Crippen LogP contribution in [-0.4, -0.2) is 66.2 Å². The van der Waals surface area contributed by atoms with Gasteiger partial charge in [-0.1, -0.05) is 20.8 Å². The van der Waals surface area contributed by atoms with E-state index in [-0.39, 0.29) is 5.04 Å². The van der Waals surface area contributed by atoms with Gasteiger partial charge >= 0.3 is 5.69 Å². The number of aromatic amines is 1. The summed E-state index contributed by atoms with van der Waals surface area (Å²) in [5.74, 6) is 0. The zero-order chi connectivity index (χ0) is 20.6. The molecule has 3 unspecified atom stereocenters. The molecule has 1 aromatic rings. The van der Waals surface area contributed by atoms with Crippen molar-refractivity contribution in [1.82, 2.24) is 9.55 Å². The highest BCUT2D eigenvalue weighted by atomic mass is 28.4. The number of rotatable bonds is 6. The van der Waals surface area contributed by atoms with Gasteiger partial charge in [0, 0.05) is 19.4 Å². The highest BCUT2D eigenvalue weighted by Crippen LogP contribution is 2.45. The van der Waals surface area contributed by atoms with Crippen LogP contribution in [0, 0.1) is 0 Å². The van der Waals surface area contributed by atoms with Gasteiger partial charge in [-0.25, -0.2) is 4.79 Å². The lowest BCUT2D eigenvalue weighted by atomic mass is 9.97. The second kappa shape index (κ2) is 7.61. The lowest BCUT2D eigenvalue weighted by Crippen LogP contribution is -2.57. The number of hydrogen-bond donors (Lipinski definition) is 3. The summed E-state index contributed by atoms with van der Waals surface area (Å²) >= 11 is 0. The molecule has 1 saturated heterocycles. The summed E-state index contributed by atoms with van der Waals surface area (Å²) in [5.41, 5.74) is -2.66. The molecule has 0 aromatic carbocycles. The maximum Gasteiger partial charge on any atom is 0.330 e. The average Bonchev–Trinajstić information content (AvgIpc) is 2.87. The van der Waals surface area contributed by atoms with E-state index < -0.39 is 56.8 Å². The molecule has 154 valence electrons. The lowest BCUT2D eigenvalue weighted by Gasteiger charge is -2.42. The van der Waals surface area contributed by atoms with Gasteiger partial charge in [0.15, 0.2) is 14.5 Å².